The summed E-state index contributed by atoms with van der Waals surface area (Å²) in [7, 11) is 3.81. The van der Waals surface area contributed by atoms with E-state index in [2.05, 4.69) is 18.0 Å². The lowest BCUT2D eigenvalue weighted by Gasteiger charge is -2.20. The van der Waals surface area contributed by atoms with Crippen LogP contribution in [0.3, 0.4) is 0 Å². The maximum Gasteiger partial charge on any atom is 0.141 e. The van der Waals surface area contributed by atoms with E-state index >= 15 is 0 Å². The number of methoxy groups -OCH3 is 1. The number of nitrogen functional groups attached to an aromatic ring is 1. The van der Waals surface area contributed by atoms with E-state index in [0.29, 0.717) is 6.04 Å². The highest BCUT2D eigenvalue weighted by Gasteiger charge is 2.22. The molecule has 2 N–H and O–H groups in total. The zero-order valence-electron chi connectivity index (χ0n) is 9.36. The van der Waals surface area contributed by atoms with Crippen LogP contribution in [0.2, 0.25) is 0 Å². The first kappa shape index (κ1) is 10.3. The van der Waals surface area contributed by atoms with E-state index < -0.39 is 0 Å². The molecule has 0 saturated carbocycles. The monoisotopic (exact) mass is 206 g/mol. The standard InChI is InChI=1S/C12H18N2O/c1-14-7-3-4-11(14)9-5-6-12(15-2)10(13)8-9/h5-6,8,11H,3-4,7,13H2,1-2H3. The molecule has 3 nitrogen and oxygen atoms in total. The number of nitrogens with two attached hydrogens (primary N) is 1. The van der Waals surface area contributed by atoms with E-state index in [-0.39, 0.29) is 0 Å². The van der Waals surface area contributed by atoms with Gasteiger partial charge in [-0.15, -0.1) is 0 Å². The summed E-state index contributed by atoms with van der Waals surface area (Å²) in [5.41, 5.74) is 7.93. The average molecular weight is 206 g/mol. The minimum atomic E-state index is 0.526. The van der Waals surface area contributed by atoms with Crippen molar-refractivity contribution in [3.05, 3.63) is 23.8 Å². The highest BCUT2D eigenvalue weighted by molar-refractivity contribution is 5.54. The minimum absolute atomic E-state index is 0.526. The second-order valence-corrected chi connectivity index (χ2v) is 4.14. The highest BCUT2D eigenvalue weighted by Crippen LogP contribution is 2.33. The summed E-state index contributed by atoms with van der Waals surface area (Å²) < 4.78 is 5.15. The Bertz CT molecular complexity index is 351. The second kappa shape index (κ2) is 4.11. The topological polar surface area (TPSA) is 38.5 Å². The molecule has 0 spiro atoms. The van der Waals surface area contributed by atoms with Gasteiger partial charge in [0.1, 0.15) is 5.75 Å². The summed E-state index contributed by atoms with van der Waals surface area (Å²) >= 11 is 0. The number of ether oxygens (including phenoxy) is 1. The number of nitrogens with zero attached hydrogens (tertiary/aromatic N) is 1. The van der Waals surface area contributed by atoms with E-state index in [4.69, 9.17) is 10.5 Å². The molecule has 1 atom stereocenters. The van der Waals surface area contributed by atoms with Gasteiger partial charge in [0.2, 0.25) is 0 Å². The first-order valence-corrected chi connectivity index (χ1v) is 5.36. The molecule has 0 radical (unpaired) electrons. The number of anilines is 1. The second-order valence-electron chi connectivity index (χ2n) is 4.14. The minimum Gasteiger partial charge on any atom is -0.495 e. The van der Waals surface area contributed by atoms with Crippen molar-refractivity contribution < 1.29 is 4.74 Å². The van der Waals surface area contributed by atoms with Gasteiger partial charge < -0.3 is 10.5 Å². The molecule has 2 rings (SSSR count). The van der Waals surface area contributed by atoms with Gasteiger partial charge in [0.05, 0.1) is 12.8 Å². The molecule has 0 bridgehead atoms. The molecular formula is C12H18N2O. The largest absolute Gasteiger partial charge is 0.495 e. The van der Waals surface area contributed by atoms with Crippen LogP contribution in [0, 0.1) is 0 Å². The highest BCUT2D eigenvalue weighted by atomic mass is 16.5. The lowest BCUT2D eigenvalue weighted by molar-refractivity contribution is 0.317. The molecular weight excluding hydrogens is 188 g/mol. The number of hydrogen-bond donors (Lipinski definition) is 1. The van der Waals surface area contributed by atoms with Crippen molar-refractivity contribution in [2.24, 2.45) is 0 Å². The predicted molar refractivity (Wildman–Crippen MR) is 62.0 cm³/mol. The fourth-order valence-electron chi connectivity index (χ4n) is 2.29. The van der Waals surface area contributed by atoms with Crippen LogP contribution in [-0.2, 0) is 0 Å². The molecule has 0 aromatic heterocycles. The smallest absolute Gasteiger partial charge is 0.141 e. The Morgan fingerprint density at radius 2 is 2.27 bits per heavy atom. The zero-order chi connectivity index (χ0) is 10.8. The van der Waals surface area contributed by atoms with Gasteiger partial charge in [-0.05, 0) is 44.1 Å². The van der Waals surface area contributed by atoms with Crippen LogP contribution in [0.25, 0.3) is 0 Å². The van der Waals surface area contributed by atoms with Crippen molar-refractivity contribution in [3.8, 4) is 5.75 Å². The van der Waals surface area contributed by atoms with E-state index in [1.807, 2.05) is 12.1 Å². The van der Waals surface area contributed by atoms with Crippen LogP contribution in [-0.4, -0.2) is 25.6 Å². The molecule has 0 amide bonds. The molecule has 1 aliphatic heterocycles. The van der Waals surface area contributed by atoms with Gasteiger partial charge >= 0.3 is 0 Å². The van der Waals surface area contributed by atoms with Crippen LogP contribution < -0.4 is 10.5 Å². The van der Waals surface area contributed by atoms with Crippen molar-refractivity contribution >= 4 is 5.69 Å². The van der Waals surface area contributed by atoms with Gasteiger partial charge in [-0.25, -0.2) is 0 Å². The Labute approximate surface area is 90.8 Å². The Morgan fingerprint density at radius 3 is 2.80 bits per heavy atom. The van der Waals surface area contributed by atoms with Gasteiger partial charge in [-0.2, -0.15) is 0 Å². The van der Waals surface area contributed by atoms with E-state index in [0.717, 1.165) is 11.4 Å². The molecule has 1 heterocycles. The molecule has 0 aliphatic carbocycles. The lowest BCUT2D eigenvalue weighted by atomic mass is 10.0. The third kappa shape index (κ3) is 1.92. The molecule has 3 heteroatoms. The summed E-state index contributed by atoms with van der Waals surface area (Å²) in [4.78, 5) is 2.38. The van der Waals surface area contributed by atoms with Crippen LogP contribution >= 0.6 is 0 Å². The summed E-state index contributed by atoms with van der Waals surface area (Å²) in [6, 6.07) is 6.63. The molecule has 1 aliphatic rings. The third-order valence-electron chi connectivity index (χ3n) is 3.16. The van der Waals surface area contributed by atoms with Crippen molar-refractivity contribution in [1.82, 2.24) is 4.90 Å². The summed E-state index contributed by atoms with van der Waals surface area (Å²) in [6.07, 6.45) is 2.50. The normalized spacial score (nSPS) is 21.9. The number of likely N-dealkylation sites (tertiary alicyclic amines) is 1. The lowest BCUT2D eigenvalue weighted by Crippen LogP contribution is -2.17. The number of hydrogen-bond acceptors (Lipinski definition) is 3. The SMILES string of the molecule is COc1ccc(C2CCCN2C)cc1N. The zero-order valence-corrected chi connectivity index (χ0v) is 9.36. The molecule has 1 aromatic carbocycles. The van der Waals surface area contributed by atoms with Gasteiger partial charge in [0, 0.05) is 6.04 Å². The van der Waals surface area contributed by atoms with Gasteiger partial charge in [-0.1, -0.05) is 6.07 Å². The molecule has 82 valence electrons. The predicted octanol–water partition coefficient (Wildman–Crippen LogP) is 2.04. The van der Waals surface area contributed by atoms with E-state index in [1.165, 1.54) is 24.9 Å². The molecule has 1 aromatic rings. The van der Waals surface area contributed by atoms with Crippen LogP contribution in [0.4, 0.5) is 5.69 Å². The fourth-order valence-corrected chi connectivity index (χ4v) is 2.29. The van der Waals surface area contributed by atoms with E-state index in [9.17, 15) is 0 Å². The molecule has 1 saturated heterocycles. The Hall–Kier alpha value is -1.22. The quantitative estimate of drug-likeness (QED) is 0.753. The van der Waals surface area contributed by atoms with Crippen LogP contribution in [0.1, 0.15) is 24.4 Å². The first-order chi connectivity index (χ1) is 7.22. The van der Waals surface area contributed by atoms with Gasteiger partial charge in [0.25, 0.3) is 0 Å². The first-order valence-electron chi connectivity index (χ1n) is 5.36. The Morgan fingerprint density at radius 1 is 1.47 bits per heavy atom. The van der Waals surface area contributed by atoms with E-state index in [1.54, 1.807) is 7.11 Å². The van der Waals surface area contributed by atoms with Crippen molar-refractivity contribution in [2.45, 2.75) is 18.9 Å². The summed E-state index contributed by atoms with van der Waals surface area (Å²) in [5, 5.41) is 0. The average Bonchev–Trinajstić information content (AvgIpc) is 2.64. The van der Waals surface area contributed by atoms with Crippen molar-refractivity contribution in [3.63, 3.8) is 0 Å². The maximum absolute atomic E-state index is 5.90. The number of rotatable bonds is 2. The molecule has 1 unspecified atom stereocenters. The third-order valence-corrected chi connectivity index (χ3v) is 3.16. The van der Waals surface area contributed by atoms with Crippen LogP contribution in [0.5, 0.6) is 5.75 Å². The van der Waals surface area contributed by atoms with Crippen LogP contribution in [0.15, 0.2) is 18.2 Å². The van der Waals surface area contributed by atoms with Gasteiger partial charge in [0.15, 0.2) is 0 Å². The number of benzene rings is 1. The molecule has 15 heavy (non-hydrogen) atoms. The Balaban J connectivity index is 2.25. The fraction of sp³-hybridized carbons (Fsp3) is 0.500. The van der Waals surface area contributed by atoms with Crippen molar-refractivity contribution in [2.75, 3.05) is 26.4 Å². The molecule has 1 fully saturated rings. The summed E-state index contributed by atoms with van der Waals surface area (Å²) in [6.45, 7) is 1.18. The van der Waals surface area contributed by atoms with Gasteiger partial charge in [-0.3, -0.25) is 4.90 Å². The summed E-state index contributed by atoms with van der Waals surface area (Å²) in [5.74, 6) is 0.763. The maximum atomic E-state index is 5.90. The Kier molecular flexibility index (Phi) is 2.82. The van der Waals surface area contributed by atoms with Crippen molar-refractivity contribution in [1.29, 1.82) is 0 Å².